The van der Waals surface area contributed by atoms with Crippen LogP contribution in [0.4, 0.5) is 5.69 Å². The molecule has 1 aromatic carbocycles. The molecule has 5 nitrogen and oxygen atoms in total. The Morgan fingerprint density at radius 1 is 1.24 bits per heavy atom. The van der Waals surface area contributed by atoms with Gasteiger partial charge in [0, 0.05) is 10.3 Å². The van der Waals surface area contributed by atoms with E-state index in [0.717, 1.165) is 29.3 Å². The first-order valence-electron chi connectivity index (χ1n) is 8.51. The van der Waals surface area contributed by atoms with Gasteiger partial charge < -0.3 is 10.1 Å². The smallest absolute Gasteiger partial charge is 0.305 e. The standard InChI is InChI=1S/C19H19N3O2S/c1-11-6-5-8-13-16(11)20-19(24)17(13)21-22-18(23)15-10-12-7-3-2-4-9-14(12)25-15/h5-6,8,10,20,24H,2-4,7,9H2,1H3. The van der Waals surface area contributed by atoms with Gasteiger partial charge >= 0.3 is 5.91 Å². The first kappa shape index (κ1) is 16.0. The van der Waals surface area contributed by atoms with Gasteiger partial charge in [0.25, 0.3) is 0 Å². The normalized spacial score (nSPS) is 14.8. The Balaban J connectivity index is 1.63. The lowest BCUT2D eigenvalue weighted by atomic mass is 10.1. The van der Waals surface area contributed by atoms with Crippen molar-refractivity contribution in [1.82, 2.24) is 4.98 Å². The Kier molecular flexibility index (Phi) is 4.13. The van der Waals surface area contributed by atoms with E-state index in [2.05, 4.69) is 15.2 Å². The van der Waals surface area contributed by atoms with Crippen LogP contribution in [0.15, 0.2) is 34.5 Å². The van der Waals surface area contributed by atoms with Crippen LogP contribution in [0, 0.1) is 6.92 Å². The van der Waals surface area contributed by atoms with Gasteiger partial charge in [0.2, 0.25) is 5.88 Å². The number of rotatable bonds is 2. The van der Waals surface area contributed by atoms with Crippen molar-refractivity contribution in [2.75, 3.05) is 0 Å². The van der Waals surface area contributed by atoms with Crippen LogP contribution in [0.25, 0.3) is 10.9 Å². The third kappa shape index (κ3) is 2.98. The van der Waals surface area contributed by atoms with Gasteiger partial charge in [-0.15, -0.1) is 21.6 Å². The number of para-hydroxylation sites is 1. The fraction of sp³-hybridized carbons (Fsp3) is 0.316. The molecule has 2 N–H and O–H groups in total. The second-order valence-corrected chi connectivity index (χ2v) is 7.58. The van der Waals surface area contributed by atoms with Crippen molar-refractivity contribution in [3.8, 4) is 5.88 Å². The van der Waals surface area contributed by atoms with Crippen molar-refractivity contribution in [1.29, 1.82) is 0 Å². The molecule has 0 saturated carbocycles. The zero-order chi connectivity index (χ0) is 17.4. The molecule has 0 unspecified atom stereocenters. The number of amides is 1. The summed E-state index contributed by atoms with van der Waals surface area (Å²) in [6, 6.07) is 7.65. The van der Waals surface area contributed by atoms with Crippen LogP contribution in [0.2, 0.25) is 0 Å². The zero-order valence-electron chi connectivity index (χ0n) is 14.0. The van der Waals surface area contributed by atoms with Gasteiger partial charge in [0.15, 0.2) is 5.69 Å². The molecule has 4 rings (SSSR count). The van der Waals surface area contributed by atoms with Crippen molar-refractivity contribution >= 4 is 33.8 Å². The Morgan fingerprint density at radius 2 is 2.08 bits per heavy atom. The molecule has 25 heavy (non-hydrogen) atoms. The van der Waals surface area contributed by atoms with Crippen LogP contribution in [-0.4, -0.2) is 16.0 Å². The van der Waals surface area contributed by atoms with Crippen molar-refractivity contribution < 1.29 is 9.90 Å². The third-order valence-electron chi connectivity index (χ3n) is 4.69. The Labute approximate surface area is 149 Å². The first-order chi connectivity index (χ1) is 12.1. The van der Waals surface area contributed by atoms with Gasteiger partial charge in [0.05, 0.1) is 10.4 Å². The lowest BCUT2D eigenvalue weighted by Crippen LogP contribution is -1.89. The summed E-state index contributed by atoms with van der Waals surface area (Å²) in [5.74, 6) is -0.415. The van der Waals surface area contributed by atoms with Gasteiger partial charge in [-0.2, -0.15) is 0 Å². The van der Waals surface area contributed by atoms with Gasteiger partial charge in [-0.3, -0.25) is 4.79 Å². The maximum Gasteiger partial charge on any atom is 0.305 e. The molecule has 128 valence electrons. The fourth-order valence-corrected chi connectivity index (χ4v) is 4.49. The molecule has 2 aromatic heterocycles. The van der Waals surface area contributed by atoms with Crippen LogP contribution in [0.5, 0.6) is 5.88 Å². The molecule has 0 aliphatic heterocycles. The minimum Gasteiger partial charge on any atom is -0.493 e. The lowest BCUT2D eigenvalue weighted by Gasteiger charge is -1.94. The number of nitrogens with zero attached hydrogens (tertiary/aromatic N) is 2. The summed E-state index contributed by atoms with van der Waals surface area (Å²) in [5.41, 5.74) is 3.41. The molecule has 6 heteroatoms. The second kappa shape index (κ2) is 6.44. The number of aryl methyl sites for hydroxylation is 3. The first-order valence-corrected chi connectivity index (χ1v) is 9.33. The largest absolute Gasteiger partial charge is 0.493 e. The number of fused-ring (bicyclic) bond motifs is 2. The molecule has 1 aliphatic carbocycles. The number of thiophene rings is 1. The molecule has 0 fully saturated rings. The number of azo groups is 1. The second-order valence-electron chi connectivity index (χ2n) is 6.44. The van der Waals surface area contributed by atoms with Crippen molar-refractivity contribution in [3.05, 3.63) is 45.1 Å². The van der Waals surface area contributed by atoms with Crippen LogP contribution in [-0.2, 0) is 12.8 Å². The van der Waals surface area contributed by atoms with E-state index in [9.17, 15) is 9.90 Å². The van der Waals surface area contributed by atoms with E-state index in [1.54, 1.807) is 0 Å². The molecular weight excluding hydrogens is 334 g/mol. The highest BCUT2D eigenvalue weighted by Crippen LogP contribution is 2.37. The molecule has 0 radical (unpaired) electrons. The van der Waals surface area contributed by atoms with Gasteiger partial charge in [-0.05, 0) is 49.8 Å². The van der Waals surface area contributed by atoms with Crippen molar-refractivity contribution in [2.24, 2.45) is 10.2 Å². The third-order valence-corrected chi connectivity index (χ3v) is 5.92. The van der Waals surface area contributed by atoms with E-state index >= 15 is 0 Å². The summed E-state index contributed by atoms with van der Waals surface area (Å²) in [4.78, 5) is 17.3. The van der Waals surface area contributed by atoms with Crippen LogP contribution in [0.1, 0.15) is 44.9 Å². The number of hydrogen-bond acceptors (Lipinski definition) is 4. The summed E-state index contributed by atoms with van der Waals surface area (Å²) in [7, 11) is 0. The number of aromatic amines is 1. The average molecular weight is 353 g/mol. The topological polar surface area (TPSA) is 77.8 Å². The number of carbonyl (C=O) groups excluding carboxylic acids is 1. The quantitative estimate of drug-likeness (QED) is 0.475. The summed E-state index contributed by atoms with van der Waals surface area (Å²) in [6.45, 7) is 1.95. The minimum absolute atomic E-state index is 0.0668. The Morgan fingerprint density at radius 3 is 2.96 bits per heavy atom. The molecule has 0 spiro atoms. The summed E-state index contributed by atoms with van der Waals surface area (Å²) in [5, 5.41) is 18.7. The molecule has 0 atom stereocenters. The maximum atomic E-state index is 12.4. The molecule has 1 aliphatic rings. The number of hydrogen-bond donors (Lipinski definition) is 2. The highest BCUT2D eigenvalue weighted by atomic mass is 32.1. The van der Waals surface area contributed by atoms with E-state index in [0.29, 0.717) is 10.6 Å². The molecule has 0 saturated heterocycles. The zero-order valence-corrected chi connectivity index (χ0v) is 14.8. The monoisotopic (exact) mass is 353 g/mol. The van der Waals surface area contributed by atoms with Gasteiger partial charge in [-0.25, -0.2) is 0 Å². The number of aromatic nitrogens is 1. The van der Waals surface area contributed by atoms with E-state index in [-0.39, 0.29) is 11.8 Å². The number of nitrogens with one attached hydrogen (secondary N) is 1. The predicted octanol–water partition coefficient (Wildman–Crippen LogP) is 5.44. The minimum atomic E-state index is -0.348. The van der Waals surface area contributed by atoms with E-state index in [1.807, 2.05) is 31.2 Å². The molecule has 3 aromatic rings. The molecule has 1 amide bonds. The van der Waals surface area contributed by atoms with E-state index in [4.69, 9.17) is 0 Å². The molecule has 0 bridgehead atoms. The predicted molar refractivity (Wildman–Crippen MR) is 99.1 cm³/mol. The Bertz CT molecular complexity index is 961. The summed E-state index contributed by atoms with van der Waals surface area (Å²) >= 11 is 1.53. The molecule has 2 heterocycles. The van der Waals surface area contributed by atoms with Crippen LogP contribution in [0.3, 0.4) is 0 Å². The average Bonchev–Trinajstić information content (AvgIpc) is 3.07. The van der Waals surface area contributed by atoms with Crippen molar-refractivity contribution in [3.63, 3.8) is 0 Å². The number of carbonyl (C=O) groups is 1. The number of benzene rings is 1. The number of aromatic hydroxyl groups is 1. The van der Waals surface area contributed by atoms with Gasteiger partial charge in [-0.1, -0.05) is 24.6 Å². The maximum absolute atomic E-state index is 12.4. The highest BCUT2D eigenvalue weighted by Gasteiger charge is 2.17. The number of H-pyrrole nitrogens is 1. The highest BCUT2D eigenvalue weighted by molar-refractivity contribution is 7.14. The van der Waals surface area contributed by atoms with Crippen LogP contribution < -0.4 is 0 Å². The van der Waals surface area contributed by atoms with Crippen molar-refractivity contribution in [2.45, 2.75) is 39.0 Å². The van der Waals surface area contributed by atoms with Crippen LogP contribution >= 0.6 is 11.3 Å². The summed E-state index contributed by atoms with van der Waals surface area (Å²) < 4.78 is 0. The Hall–Kier alpha value is -2.47. The SMILES string of the molecule is Cc1cccc2c(N=NC(=O)c3cc4c(s3)CCCCC4)c(O)[nH]c12. The van der Waals surface area contributed by atoms with Gasteiger partial charge in [0.1, 0.15) is 0 Å². The fourth-order valence-electron chi connectivity index (χ4n) is 3.35. The summed E-state index contributed by atoms with van der Waals surface area (Å²) in [6.07, 6.45) is 5.71. The van der Waals surface area contributed by atoms with E-state index in [1.165, 1.54) is 41.0 Å². The van der Waals surface area contributed by atoms with E-state index < -0.39 is 0 Å². The molecular formula is C19H19N3O2S. The lowest BCUT2D eigenvalue weighted by molar-refractivity contribution is 0.0999.